The zero-order valence-electron chi connectivity index (χ0n) is 12.0. The van der Waals surface area contributed by atoms with Crippen molar-refractivity contribution in [2.24, 2.45) is 0 Å². The van der Waals surface area contributed by atoms with Crippen LogP contribution in [0.15, 0.2) is 27.4 Å². The highest BCUT2D eigenvalue weighted by molar-refractivity contribution is 8.22. The zero-order valence-corrected chi connectivity index (χ0v) is 13.7. The van der Waals surface area contributed by atoms with Crippen LogP contribution in [0.3, 0.4) is 0 Å². The predicted molar refractivity (Wildman–Crippen MR) is 89.5 cm³/mol. The summed E-state index contributed by atoms with van der Waals surface area (Å²) in [5, 5.41) is 0.988. The Balaban J connectivity index is 2.46. The van der Waals surface area contributed by atoms with Crippen LogP contribution in [0.5, 0.6) is 0 Å². The molecule has 5 heteroatoms. The fraction of sp³-hybridized carbons (Fsp3) is 0.333. The number of thiocarbonyl (C=S) groups is 1. The van der Waals surface area contributed by atoms with Crippen molar-refractivity contribution in [3.8, 4) is 0 Å². The average molecular weight is 307 g/mol. The second-order valence-corrected chi connectivity index (χ2v) is 6.53. The molecule has 0 saturated heterocycles. The molecule has 0 aliphatic heterocycles. The van der Waals surface area contributed by atoms with Crippen LogP contribution in [0.25, 0.3) is 11.0 Å². The summed E-state index contributed by atoms with van der Waals surface area (Å²) in [6.07, 6.45) is 0. The van der Waals surface area contributed by atoms with E-state index in [1.165, 1.54) is 0 Å². The fourth-order valence-corrected chi connectivity index (χ4v) is 2.87. The standard InChI is InChI=1S/C15H17NO2S2/c1-9-5-6-12-11(8-20-15(19)16(3)4)7-13(17)18-14(12)10(9)2/h5-7H,8H2,1-4H3. The van der Waals surface area contributed by atoms with Gasteiger partial charge in [0.15, 0.2) is 0 Å². The second kappa shape index (κ2) is 5.97. The molecule has 1 heterocycles. The molecule has 1 aromatic heterocycles. The van der Waals surface area contributed by atoms with Crippen LogP contribution in [0.2, 0.25) is 0 Å². The van der Waals surface area contributed by atoms with Crippen LogP contribution < -0.4 is 5.63 Å². The maximum absolute atomic E-state index is 11.7. The van der Waals surface area contributed by atoms with E-state index in [-0.39, 0.29) is 5.63 Å². The van der Waals surface area contributed by atoms with Gasteiger partial charge in [0, 0.05) is 31.3 Å². The van der Waals surface area contributed by atoms with Crippen molar-refractivity contribution in [2.75, 3.05) is 14.1 Å². The summed E-state index contributed by atoms with van der Waals surface area (Å²) in [7, 11) is 3.83. The Morgan fingerprint density at radius 3 is 2.70 bits per heavy atom. The Labute approximate surface area is 128 Å². The number of rotatable bonds is 2. The minimum absolute atomic E-state index is 0.308. The van der Waals surface area contributed by atoms with Crippen molar-refractivity contribution in [1.82, 2.24) is 4.90 Å². The first-order valence-corrected chi connectivity index (χ1v) is 7.66. The highest BCUT2D eigenvalue weighted by atomic mass is 32.2. The summed E-state index contributed by atoms with van der Waals surface area (Å²) < 4.78 is 6.16. The molecule has 20 heavy (non-hydrogen) atoms. The molecule has 0 N–H and O–H groups in total. The Bertz CT molecular complexity index is 720. The highest BCUT2D eigenvalue weighted by Gasteiger charge is 2.10. The molecule has 2 aromatic rings. The summed E-state index contributed by atoms with van der Waals surface area (Å²) in [5.74, 6) is 0.668. The quantitative estimate of drug-likeness (QED) is 0.626. The van der Waals surface area contributed by atoms with Crippen molar-refractivity contribution in [3.63, 3.8) is 0 Å². The average Bonchev–Trinajstić information content (AvgIpc) is 2.40. The van der Waals surface area contributed by atoms with Crippen LogP contribution >= 0.6 is 24.0 Å². The van der Waals surface area contributed by atoms with Gasteiger partial charge in [-0.2, -0.15) is 0 Å². The number of hydrogen-bond acceptors (Lipinski definition) is 4. The van der Waals surface area contributed by atoms with E-state index in [0.29, 0.717) is 11.3 Å². The summed E-state index contributed by atoms with van der Waals surface area (Å²) in [6, 6.07) is 5.62. The molecule has 0 atom stereocenters. The number of thioether (sulfide) groups is 1. The topological polar surface area (TPSA) is 33.5 Å². The molecule has 0 aliphatic rings. The smallest absolute Gasteiger partial charge is 0.336 e. The van der Waals surface area contributed by atoms with E-state index in [2.05, 4.69) is 6.07 Å². The predicted octanol–water partition coefficient (Wildman–Crippen LogP) is 3.49. The first kappa shape index (κ1) is 15.1. The molecule has 0 saturated carbocycles. The van der Waals surface area contributed by atoms with Crippen LogP contribution in [-0.2, 0) is 5.75 Å². The van der Waals surface area contributed by atoms with Crippen molar-refractivity contribution in [3.05, 3.63) is 45.3 Å². The molecular weight excluding hydrogens is 290 g/mol. The zero-order chi connectivity index (χ0) is 14.9. The number of aryl methyl sites for hydroxylation is 2. The van der Waals surface area contributed by atoms with Gasteiger partial charge >= 0.3 is 5.63 Å². The van der Waals surface area contributed by atoms with E-state index in [9.17, 15) is 4.79 Å². The van der Waals surface area contributed by atoms with Gasteiger partial charge in [0.25, 0.3) is 0 Å². The van der Waals surface area contributed by atoms with Crippen LogP contribution in [0.4, 0.5) is 0 Å². The summed E-state index contributed by atoms with van der Waals surface area (Å²) in [6.45, 7) is 3.99. The number of nitrogens with zero attached hydrogens (tertiary/aromatic N) is 1. The van der Waals surface area contributed by atoms with Crippen molar-refractivity contribution in [2.45, 2.75) is 19.6 Å². The number of fused-ring (bicyclic) bond motifs is 1. The lowest BCUT2D eigenvalue weighted by molar-refractivity contribution is 0.557. The molecule has 0 spiro atoms. The Kier molecular flexibility index (Phi) is 4.50. The molecule has 0 fully saturated rings. The minimum Gasteiger partial charge on any atom is -0.422 e. The maximum Gasteiger partial charge on any atom is 0.336 e. The van der Waals surface area contributed by atoms with Crippen LogP contribution in [-0.4, -0.2) is 23.3 Å². The van der Waals surface area contributed by atoms with E-state index < -0.39 is 0 Å². The third-order valence-electron chi connectivity index (χ3n) is 3.23. The van der Waals surface area contributed by atoms with E-state index in [1.54, 1.807) is 17.8 Å². The van der Waals surface area contributed by atoms with Crippen LogP contribution in [0.1, 0.15) is 16.7 Å². The first-order chi connectivity index (χ1) is 9.40. The number of hydrogen-bond donors (Lipinski definition) is 0. The Morgan fingerprint density at radius 1 is 1.35 bits per heavy atom. The van der Waals surface area contributed by atoms with Gasteiger partial charge in [-0.15, -0.1) is 0 Å². The summed E-state index contributed by atoms with van der Waals surface area (Å²) in [5.41, 5.74) is 3.48. The van der Waals surface area contributed by atoms with E-state index >= 15 is 0 Å². The van der Waals surface area contributed by atoms with Crippen molar-refractivity contribution in [1.29, 1.82) is 0 Å². The van der Waals surface area contributed by atoms with Crippen molar-refractivity contribution < 1.29 is 4.42 Å². The third-order valence-corrected chi connectivity index (χ3v) is 5.02. The molecule has 0 radical (unpaired) electrons. The van der Waals surface area contributed by atoms with E-state index in [4.69, 9.17) is 16.6 Å². The van der Waals surface area contributed by atoms with Crippen LogP contribution in [0, 0.1) is 13.8 Å². The van der Waals surface area contributed by atoms with Gasteiger partial charge in [-0.25, -0.2) is 4.79 Å². The molecule has 0 amide bonds. The van der Waals surface area contributed by atoms with Gasteiger partial charge in [-0.3, -0.25) is 0 Å². The highest BCUT2D eigenvalue weighted by Crippen LogP contribution is 2.26. The lowest BCUT2D eigenvalue weighted by Gasteiger charge is -2.13. The lowest BCUT2D eigenvalue weighted by Crippen LogP contribution is -2.16. The monoisotopic (exact) mass is 307 g/mol. The lowest BCUT2D eigenvalue weighted by atomic mass is 10.0. The van der Waals surface area contributed by atoms with Gasteiger partial charge in [0.1, 0.15) is 9.90 Å². The molecule has 106 valence electrons. The molecule has 0 aliphatic carbocycles. The second-order valence-electron chi connectivity index (χ2n) is 4.92. The van der Waals surface area contributed by atoms with Gasteiger partial charge in [0.2, 0.25) is 0 Å². The van der Waals surface area contributed by atoms with Gasteiger partial charge in [-0.05, 0) is 30.5 Å². The summed E-state index contributed by atoms with van der Waals surface area (Å²) >= 11 is 6.81. The largest absolute Gasteiger partial charge is 0.422 e. The SMILES string of the molecule is Cc1ccc2c(CSC(=S)N(C)C)cc(=O)oc2c1C. The van der Waals surface area contributed by atoms with E-state index in [1.807, 2.05) is 38.9 Å². The maximum atomic E-state index is 11.7. The molecule has 3 nitrogen and oxygen atoms in total. The molecule has 1 aromatic carbocycles. The van der Waals surface area contributed by atoms with Gasteiger partial charge in [0.05, 0.1) is 0 Å². The minimum atomic E-state index is -0.308. The summed E-state index contributed by atoms with van der Waals surface area (Å²) in [4.78, 5) is 13.6. The molecule has 0 unspecified atom stereocenters. The first-order valence-electron chi connectivity index (χ1n) is 6.27. The molecule has 2 rings (SSSR count). The normalized spacial score (nSPS) is 10.8. The van der Waals surface area contributed by atoms with Crippen molar-refractivity contribution >= 4 is 39.3 Å². The third kappa shape index (κ3) is 3.04. The Morgan fingerprint density at radius 2 is 2.05 bits per heavy atom. The van der Waals surface area contributed by atoms with E-state index in [0.717, 1.165) is 26.4 Å². The molecular formula is C15H17NO2S2. The van der Waals surface area contributed by atoms with Gasteiger partial charge < -0.3 is 9.32 Å². The Hall–Kier alpha value is -1.33. The fourth-order valence-electron chi connectivity index (χ4n) is 1.91. The number of benzene rings is 1. The van der Waals surface area contributed by atoms with Gasteiger partial charge in [-0.1, -0.05) is 36.1 Å². The molecule has 0 bridgehead atoms.